The molecule has 14 heavy (non-hydrogen) atoms. The van der Waals surface area contributed by atoms with Crippen molar-refractivity contribution in [2.45, 2.75) is 13.3 Å². The minimum absolute atomic E-state index is 0. The predicted molar refractivity (Wildman–Crippen MR) is 60.7 cm³/mol. The van der Waals surface area contributed by atoms with Crippen LogP contribution in [0, 0.1) is 6.92 Å². The number of carbonyl (C=O) groups is 1. The van der Waals surface area contributed by atoms with Gasteiger partial charge in [0.1, 0.15) is 0 Å². The molecule has 0 bridgehead atoms. The van der Waals surface area contributed by atoms with Crippen LogP contribution < -0.4 is 11.1 Å². The van der Waals surface area contributed by atoms with E-state index in [2.05, 4.69) is 5.32 Å². The summed E-state index contributed by atoms with van der Waals surface area (Å²) in [4.78, 5) is 11.1. The Balaban J connectivity index is 0.00000169. The first-order chi connectivity index (χ1) is 6.22. The monoisotopic (exact) mass is 214 g/mol. The number of nitrogens with two attached hydrogens (primary N) is 1. The van der Waals surface area contributed by atoms with Gasteiger partial charge in [-0.2, -0.15) is 0 Å². The molecule has 3 nitrogen and oxygen atoms in total. The van der Waals surface area contributed by atoms with Crippen molar-refractivity contribution in [3.05, 3.63) is 29.8 Å². The van der Waals surface area contributed by atoms with Gasteiger partial charge in [0.05, 0.1) is 0 Å². The maximum absolute atomic E-state index is 11.1. The minimum atomic E-state index is -0.0342. The topological polar surface area (TPSA) is 55.1 Å². The maximum Gasteiger partial charge on any atom is 0.225 e. The van der Waals surface area contributed by atoms with Crippen molar-refractivity contribution < 1.29 is 4.79 Å². The fourth-order valence-electron chi connectivity index (χ4n) is 1.08. The molecule has 1 rings (SSSR count). The number of hydrogen-bond acceptors (Lipinski definition) is 2. The first-order valence-corrected chi connectivity index (χ1v) is 4.29. The summed E-state index contributed by atoms with van der Waals surface area (Å²) >= 11 is 0. The lowest BCUT2D eigenvalue weighted by Gasteiger charge is -2.04. The summed E-state index contributed by atoms with van der Waals surface area (Å²) in [5.74, 6) is -0.0342. The van der Waals surface area contributed by atoms with Crippen LogP contribution in [0.2, 0.25) is 0 Å². The molecule has 0 heterocycles. The highest BCUT2D eigenvalue weighted by Gasteiger charge is 1.99. The van der Waals surface area contributed by atoms with E-state index in [1.165, 1.54) is 0 Å². The number of carbonyl (C=O) groups excluding carboxylic acids is 1. The van der Waals surface area contributed by atoms with Gasteiger partial charge in [0, 0.05) is 18.7 Å². The van der Waals surface area contributed by atoms with E-state index < -0.39 is 0 Å². The quantitative estimate of drug-likeness (QED) is 0.805. The largest absolute Gasteiger partial charge is 0.330 e. The summed E-state index contributed by atoms with van der Waals surface area (Å²) in [5, 5.41) is 2.76. The highest BCUT2D eigenvalue weighted by Crippen LogP contribution is 2.09. The molecule has 0 unspecified atom stereocenters. The fourth-order valence-corrected chi connectivity index (χ4v) is 1.08. The molecule has 0 spiro atoms. The Morgan fingerprint density at radius 3 is 2.79 bits per heavy atom. The van der Waals surface area contributed by atoms with Crippen molar-refractivity contribution in [2.24, 2.45) is 5.73 Å². The van der Waals surface area contributed by atoms with Crippen LogP contribution in [0.15, 0.2) is 24.3 Å². The summed E-state index contributed by atoms with van der Waals surface area (Å²) in [6.07, 6.45) is 0.369. The van der Waals surface area contributed by atoms with Crippen LogP contribution in [0.25, 0.3) is 0 Å². The fraction of sp³-hybridized carbons (Fsp3) is 0.300. The lowest BCUT2D eigenvalue weighted by atomic mass is 10.2. The molecule has 0 radical (unpaired) electrons. The number of amides is 1. The highest BCUT2D eigenvalue weighted by molar-refractivity contribution is 5.90. The standard InChI is InChI=1S/C10H14N2O.ClH/c1-8-3-2-4-9(7-8)12-10(13)5-6-11;/h2-4,7H,5-6,11H2,1H3,(H,12,13);1H. The molecule has 0 aliphatic heterocycles. The number of rotatable bonds is 3. The van der Waals surface area contributed by atoms with Crippen LogP contribution in [0.4, 0.5) is 5.69 Å². The summed E-state index contributed by atoms with van der Waals surface area (Å²) in [7, 11) is 0. The third-order valence-corrected chi connectivity index (χ3v) is 1.67. The second-order valence-corrected chi connectivity index (χ2v) is 2.96. The van der Waals surface area contributed by atoms with E-state index in [-0.39, 0.29) is 18.3 Å². The molecule has 0 saturated heterocycles. The molecule has 1 aromatic rings. The number of halogens is 1. The van der Waals surface area contributed by atoms with Crippen molar-refractivity contribution in [3.63, 3.8) is 0 Å². The van der Waals surface area contributed by atoms with Gasteiger partial charge in [0.25, 0.3) is 0 Å². The van der Waals surface area contributed by atoms with Gasteiger partial charge in [-0.1, -0.05) is 12.1 Å². The molecule has 3 N–H and O–H groups in total. The zero-order chi connectivity index (χ0) is 9.68. The number of anilines is 1. The zero-order valence-corrected chi connectivity index (χ0v) is 8.93. The van der Waals surface area contributed by atoms with E-state index in [4.69, 9.17) is 5.73 Å². The van der Waals surface area contributed by atoms with Crippen LogP contribution in [0.5, 0.6) is 0 Å². The Bertz CT molecular complexity index is 302. The maximum atomic E-state index is 11.1. The van der Waals surface area contributed by atoms with Crippen LogP contribution in [-0.4, -0.2) is 12.5 Å². The van der Waals surface area contributed by atoms with Gasteiger partial charge in [-0.15, -0.1) is 12.4 Å². The molecule has 0 saturated carbocycles. The number of hydrogen-bond donors (Lipinski definition) is 2. The highest BCUT2D eigenvalue weighted by atomic mass is 35.5. The van der Waals surface area contributed by atoms with E-state index in [1.54, 1.807) is 0 Å². The van der Waals surface area contributed by atoms with Crippen LogP contribution >= 0.6 is 12.4 Å². The van der Waals surface area contributed by atoms with Crippen LogP contribution in [0.3, 0.4) is 0 Å². The van der Waals surface area contributed by atoms with Crippen LogP contribution in [-0.2, 0) is 4.79 Å². The van der Waals surface area contributed by atoms with Gasteiger partial charge in [0.15, 0.2) is 0 Å². The number of nitrogens with one attached hydrogen (secondary N) is 1. The second kappa shape index (κ2) is 6.40. The molecule has 4 heteroatoms. The van der Waals surface area contributed by atoms with Crippen molar-refractivity contribution in [1.82, 2.24) is 0 Å². The van der Waals surface area contributed by atoms with E-state index >= 15 is 0 Å². The Morgan fingerprint density at radius 1 is 1.50 bits per heavy atom. The average molecular weight is 215 g/mol. The number of aryl methyl sites for hydroxylation is 1. The summed E-state index contributed by atoms with van der Waals surface area (Å²) in [6.45, 7) is 2.37. The Kier molecular flexibility index (Phi) is 5.92. The van der Waals surface area contributed by atoms with E-state index in [0.29, 0.717) is 13.0 Å². The van der Waals surface area contributed by atoms with E-state index in [1.807, 2.05) is 31.2 Å². The van der Waals surface area contributed by atoms with Crippen molar-refractivity contribution in [1.29, 1.82) is 0 Å². The lowest BCUT2D eigenvalue weighted by Crippen LogP contribution is -2.16. The van der Waals surface area contributed by atoms with Gasteiger partial charge in [-0.05, 0) is 24.6 Å². The summed E-state index contributed by atoms with van der Waals surface area (Å²) in [5.41, 5.74) is 7.21. The average Bonchev–Trinajstić information content (AvgIpc) is 2.04. The SMILES string of the molecule is Cc1cccc(NC(=O)CCN)c1.Cl. The third-order valence-electron chi connectivity index (χ3n) is 1.67. The molecule has 0 fully saturated rings. The smallest absolute Gasteiger partial charge is 0.225 e. The molecule has 78 valence electrons. The van der Waals surface area contributed by atoms with Crippen molar-refractivity contribution in [3.8, 4) is 0 Å². The Hall–Kier alpha value is -1.06. The molecular weight excluding hydrogens is 200 g/mol. The lowest BCUT2D eigenvalue weighted by molar-refractivity contribution is -0.116. The summed E-state index contributed by atoms with van der Waals surface area (Å²) in [6, 6.07) is 7.68. The molecule has 0 aliphatic rings. The molecule has 0 aromatic heterocycles. The van der Waals surface area contributed by atoms with Gasteiger partial charge in [-0.25, -0.2) is 0 Å². The normalized spacial score (nSPS) is 9.00. The van der Waals surface area contributed by atoms with Crippen molar-refractivity contribution >= 4 is 24.0 Å². The number of benzene rings is 1. The molecule has 1 aromatic carbocycles. The van der Waals surface area contributed by atoms with Crippen LogP contribution in [0.1, 0.15) is 12.0 Å². The second-order valence-electron chi connectivity index (χ2n) is 2.96. The first-order valence-electron chi connectivity index (χ1n) is 4.29. The molecular formula is C10H15ClN2O. The van der Waals surface area contributed by atoms with E-state index in [0.717, 1.165) is 11.3 Å². The Labute approximate surface area is 90.1 Å². The van der Waals surface area contributed by atoms with Crippen molar-refractivity contribution in [2.75, 3.05) is 11.9 Å². The minimum Gasteiger partial charge on any atom is -0.330 e. The van der Waals surface area contributed by atoms with Gasteiger partial charge >= 0.3 is 0 Å². The third kappa shape index (κ3) is 4.25. The molecule has 1 amide bonds. The van der Waals surface area contributed by atoms with Gasteiger partial charge in [0.2, 0.25) is 5.91 Å². The van der Waals surface area contributed by atoms with Gasteiger partial charge < -0.3 is 11.1 Å². The predicted octanol–water partition coefficient (Wildman–Crippen LogP) is 1.70. The van der Waals surface area contributed by atoms with Gasteiger partial charge in [-0.3, -0.25) is 4.79 Å². The molecule has 0 atom stereocenters. The molecule has 0 aliphatic carbocycles. The summed E-state index contributed by atoms with van der Waals surface area (Å²) < 4.78 is 0. The Morgan fingerprint density at radius 2 is 2.21 bits per heavy atom. The zero-order valence-electron chi connectivity index (χ0n) is 8.12. The van der Waals surface area contributed by atoms with E-state index in [9.17, 15) is 4.79 Å². The first kappa shape index (κ1) is 12.9.